The van der Waals surface area contributed by atoms with E-state index >= 15 is 0 Å². The summed E-state index contributed by atoms with van der Waals surface area (Å²) < 4.78 is 21.4. The van der Waals surface area contributed by atoms with Crippen LogP contribution >= 0.6 is 0 Å². The number of nitrogens with two attached hydrogens (primary N) is 2. The molecular weight excluding hydrogens is 258 g/mol. The minimum atomic E-state index is -3.46. The topological polar surface area (TPSA) is 136 Å². The van der Waals surface area contributed by atoms with Gasteiger partial charge in [-0.25, -0.2) is 18.4 Å². The van der Waals surface area contributed by atoms with Crippen molar-refractivity contribution in [2.45, 2.75) is 6.42 Å². The number of sulfonamides is 1. The molecule has 0 aliphatic carbocycles. The van der Waals surface area contributed by atoms with Crippen LogP contribution in [-0.2, 0) is 10.0 Å². The van der Waals surface area contributed by atoms with Crippen molar-refractivity contribution in [3.8, 4) is 0 Å². The van der Waals surface area contributed by atoms with Crippen molar-refractivity contribution in [3.05, 3.63) is 23.8 Å². The molecule has 0 saturated carbocycles. The van der Waals surface area contributed by atoms with Gasteiger partial charge in [-0.05, 0) is 24.6 Å². The third-order valence-corrected chi connectivity index (χ3v) is 3.08. The summed E-state index contributed by atoms with van der Waals surface area (Å²) in [5.41, 5.74) is 6.25. The first-order valence-electron chi connectivity index (χ1n) is 5.17. The number of hydrogen-bond donors (Lipinski definition) is 4. The average molecular weight is 273 g/mol. The Bertz CT molecular complexity index is 542. The first kappa shape index (κ1) is 14.3. The molecular formula is C10H15N3O4S. The molecule has 0 unspecified atom stereocenters. The number of primary sulfonamides is 1. The Morgan fingerprint density at radius 2 is 2.06 bits per heavy atom. The third kappa shape index (κ3) is 4.60. The number of anilines is 2. The summed E-state index contributed by atoms with van der Waals surface area (Å²) in [6, 6.07) is 4.50. The van der Waals surface area contributed by atoms with Crippen molar-refractivity contribution < 1.29 is 18.3 Å². The fourth-order valence-electron chi connectivity index (χ4n) is 1.36. The van der Waals surface area contributed by atoms with Gasteiger partial charge in [-0.2, -0.15) is 0 Å². The maximum Gasteiger partial charge on any atom is 0.337 e. The van der Waals surface area contributed by atoms with Crippen molar-refractivity contribution >= 4 is 27.4 Å². The molecule has 0 spiro atoms. The molecule has 8 heteroatoms. The van der Waals surface area contributed by atoms with E-state index in [0.29, 0.717) is 18.7 Å². The minimum Gasteiger partial charge on any atom is -0.478 e. The van der Waals surface area contributed by atoms with E-state index in [1.807, 2.05) is 0 Å². The molecule has 0 radical (unpaired) electrons. The predicted octanol–water partition coefficient (Wildman–Crippen LogP) is 0.0575. The highest BCUT2D eigenvalue weighted by Gasteiger charge is 2.08. The van der Waals surface area contributed by atoms with Gasteiger partial charge in [0.25, 0.3) is 0 Å². The summed E-state index contributed by atoms with van der Waals surface area (Å²) in [6.45, 7) is 0.374. The molecule has 0 aromatic heterocycles. The maximum absolute atomic E-state index is 10.8. The Kier molecular flexibility index (Phi) is 4.51. The zero-order valence-corrected chi connectivity index (χ0v) is 10.4. The predicted molar refractivity (Wildman–Crippen MR) is 68.9 cm³/mol. The quantitative estimate of drug-likeness (QED) is 0.427. The second-order valence-corrected chi connectivity index (χ2v) is 5.49. The Hall–Kier alpha value is -1.80. The lowest BCUT2D eigenvalue weighted by Crippen LogP contribution is -2.18. The van der Waals surface area contributed by atoms with Gasteiger partial charge >= 0.3 is 5.97 Å². The second kappa shape index (κ2) is 5.69. The first-order chi connectivity index (χ1) is 8.29. The van der Waals surface area contributed by atoms with Crippen LogP contribution in [0.5, 0.6) is 0 Å². The normalized spacial score (nSPS) is 11.2. The number of nitrogen functional groups attached to an aromatic ring is 1. The van der Waals surface area contributed by atoms with Crippen LogP contribution in [0, 0.1) is 0 Å². The summed E-state index contributed by atoms with van der Waals surface area (Å²) >= 11 is 0. The van der Waals surface area contributed by atoms with Crippen LogP contribution in [0.25, 0.3) is 0 Å². The van der Waals surface area contributed by atoms with Crippen LogP contribution in [0.3, 0.4) is 0 Å². The lowest BCUT2D eigenvalue weighted by Gasteiger charge is -2.08. The van der Waals surface area contributed by atoms with Gasteiger partial charge in [0.15, 0.2) is 0 Å². The highest BCUT2D eigenvalue weighted by Crippen LogP contribution is 2.17. The lowest BCUT2D eigenvalue weighted by atomic mass is 10.1. The van der Waals surface area contributed by atoms with E-state index in [4.69, 9.17) is 16.0 Å². The van der Waals surface area contributed by atoms with Gasteiger partial charge < -0.3 is 16.2 Å². The third-order valence-electron chi connectivity index (χ3n) is 2.22. The van der Waals surface area contributed by atoms with Crippen LogP contribution in [-0.4, -0.2) is 31.8 Å². The highest BCUT2D eigenvalue weighted by molar-refractivity contribution is 7.89. The molecule has 6 N–H and O–H groups in total. The van der Waals surface area contributed by atoms with E-state index in [-0.39, 0.29) is 17.0 Å². The van der Waals surface area contributed by atoms with Crippen molar-refractivity contribution in [2.75, 3.05) is 23.3 Å². The molecule has 0 amide bonds. The van der Waals surface area contributed by atoms with Crippen molar-refractivity contribution in [3.63, 3.8) is 0 Å². The van der Waals surface area contributed by atoms with Crippen LogP contribution in [0.15, 0.2) is 18.2 Å². The zero-order chi connectivity index (χ0) is 13.8. The molecule has 7 nitrogen and oxygen atoms in total. The monoisotopic (exact) mass is 273 g/mol. The standard InChI is InChI=1S/C10H15N3O4S/c11-9-3-2-7(6-8(9)10(14)15)13-4-1-5-18(12,16)17/h2-3,6,13H,1,4-5,11H2,(H,14,15)(H2,12,16,17). The first-order valence-corrected chi connectivity index (χ1v) is 6.88. The molecule has 0 saturated heterocycles. The van der Waals surface area contributed by atoms with E-state index in [9.17, 15) is 13.2 Å². The number of nitrogens with one attached hydrogen (secondary N) is 1. The van der Waals surface area contributed by atoms with Crippen LogP contribution in [0.4, 0.5) is 11.4 Å². The summed E-state index contributed by atoms with van der Waals surface area (Å²) in [6.07, 6.45) is 0.339. The Balaban J connectivity index is 2.58. The van der Waals surface area contributed by atoms with Gasteiger partial charge in [-0.15, -0.1) is 0 Å². The number of carboxylic acids is 1. The molecule has 0 heterocycles. The average Bonchev–Trinajstić information content (AvgIpc) is 2.24. The van der Waals surface area contributed by atoms with E-state index in [2.05, 4.69) is 5.32 Å². The van der Waals surface area contributed by atoms with E-state index < -0.39 is 16.0 Å². The van der Waals surface area contributed by atoms with Gasteiger partial charge in [0.1, 0.15) is 0 Å². The molecule has 0 aliphatic rings. The number of carbonyl (C=O) groups is 1. The highest BCUT2D eigenvalue weighted by atomic mass is 32.2. The molecule has 0 fully saturated rings. The van der Waals surface area contributed by atoms with Gasteiger partial charge in [-0.1, -0.05) is 0 Å². The summed E-state index contributed by atoms with van der Waals surface area (Å²) in [5, 5.41) is 16.6. The Morgan fingerprint density at radius 1 is 1.39 bits per heavy atom. The van der Waals surface area contributed by atoms with Gasteiger partial charge in [0.05, 0.1) is 11.3 Å². The van der Waals surface area contributed by atoms with E-state index in [1.54, 1.807) is 6.07 Å². The molecule has 0 aliphatic heterocycles. The zero-order valence-electron chi connectivity index (χ0n) is 9.59. The number of hydrogen-bond acceptors (Lipinski definition) is 5. The second-order valence-electron chi connectivity index (χ2n) is 3.75. The van der Waals surface area contributed by atoms with E-state index in [0.717, 1.165) is 0 Å². The van der Waals surface area contributed by atoms with Crippen molar-refractivity contribution in [2.24, 2.45) is 5.14 Å². The van der Waals surface area contributed by atoms with Crippen molar-refractivity contribution in [1.29, 1.82) is 0 Å². The lowest BCUT2D eigenvalue weighted by molar-refractivity contribution is 0.0698. The van der Waals surface area contributed by atoms with Gasteiger partial charge in [-0.3, -0.25) is 0 Å². The van der Waals surface area contributed by atoms with E-state index in [1.165, 1.54) is 12.1 Å². The molecule has 100 valence electrons. The Labute approximate surface area is 105 Å². The smallest absolute Gasteiger partial charge is 0.337 e. The number of rotatable bonds is 6. The summed E-state index contributed by atoms with van der Waals surface area (Å²) in [7, 11) is -3.46. The SMILES string of the molecule is Nc1ccc(NCCCS(N)(=O)=O)cc1C(=O)O. The number of carboxylic acid groups (broad SMARTS) is 1. The number of aromatic carboxylic acids is 1. The minimum absolute atomic E-state index is 0.00597. The summed E-state index contributed by atoms with van der Waals surface area (Å²) in [4.78, 5) is 10.8. The van der Waals surface area contributed by atoms with Crippen LogP contribution in [0.1, 0.15) is 16.8 Å². The Morgan fingerprint density at radius 3 is 2.61 bits per heavy atom. The molecule has 1 aromatic rings. The molecule has 1 aromatic carbocycles. The van der Waals surface area contributed by atoms with Crippen LogP contribution < -0.4 is 16.2 Å². The summed E-state index contributed by atoms with van der Waals surface area (Å²) in [5.74, 6) is -1.23. The molecule has 0 atom stereocenters. The fourth-order valence-corrected chi connectivity index (χ4v) is 1.90. The van der Waals surface area contributed by atoms with Crippen molar-refractivity contribution in [1.82, 2.24) is 0 Å². The largest absolute Gasteiger partial charge is 0.478 e. The maximum atomic E-state index is 10.8. The van der Waals surface area contributed by atoms with Gasteiger partial charge in [0, 0.05) is 17.9 Å². The van der Waals surface area contributed by atoms with Crippen LogP contribution in [0.2, 0.25) is 0 Å². The number of benzene rings is 1. The fraction of sp³-hybridized carbons (Fsp3) is 0.300. The molecule has 18 heavy (non-hydrogen) atoms. The van der Waals surface area contributed by atoms with Gasteiger partial charge in [0.2, 0.25) is 10.0 Å². The molecule has 1 rings (SSSR count). The molecule has 0 bridgehead atoms.